The fraction of sp³-hybridized carbons (Fsp3) is 0.385. The topological polar surface area (TPSA) is 56.7 Å². The van der Waals surface area contributed by atoms with Gasteiger partial charge in [-0.1, -0.05) is 31.5 Å². The minimum absolute atomic E-state index is 0.0543. The summed E-state index contributed by atoms with van der Waals surface area (Å²) in [6.45, 7) is 4.07. The molecule has 2 aromatic rings. The lowest BCUT2D eigenvalue weighted by Gasteiger charge is -2.13. The number of nitrogens with zero attached hydrogens (tertiary/aromatic N) is 3. The van der Waals surface area contributed by atoms with Crippen molar-refractivity contribution < 1.29 is 0 Å². The zero-order valence-electron chi connectivity index (χ0n) is 10.3. The van der Waals surface area contributed by atoms with E-state index in [1.165, 1.54) is 0 Å². The van der Waals surface area contributed by atoms with Crippen LogP contribution in [0.25, 0.3) is 5.69 Å². The summed E-state index contributed by atoms with van der Waals surface area (Å²) in [6.07, 6.45) is 1.97. The standard InChI is InChI=1S/C13H18N4/c1-3-7-12(14)13-16-15-10(2)17(13)11-8-5-4-6-9-11/h4-6,8-9,12H,3,7,14H2,1-2H3/t12-/m1/s1. The van der Waals surface area contributed by atoms with Crippen molar-refractivity contribution in [2.45, 2.75) is 32.7 Å². The van der Waals surface area contributed by atoms with Crippen molar-refractivity contribution >= 4 is 0 Å². The molecule has 0 aliphatic carbocycles. The first-order chi connectivity index (χ1) is 8.24. The highest BCUT2D eigenvalue weighted by molar-refractivity contribution is 5.34. The van der Waals surface area contributed by atoms with Crippen molar-refractivity contribution in [3.63, 3.8) is 0 Å². The Kier molecular flexibility index (Phi) is 3.54. The fourth-order valence-electron chi connectivity index (χ4n) is 1.96. The number of rotatable bonds is 4. The van der Waals surface area contributed by atoms with Gasteiger partial charge in [-0.05, 0) is 25.5 Å². The molecule has 4 nitrogen and oxygen atoms in total. The van der Waals surface area contributed by atoms with Crippen molar-refractivity contribution in [2.75, 3.05) is 0 Å². The first-order valence-corrected chi connectivity index (χ1v) is 5.97. The molecule has 2 N–H and O–H groups in total. The minimum Gasteiger partial charge on any atom is -0.321 e. The molecule has 0 spiro atoms. The molecular weight excluding hydrogens is 212 g/mol. The van der Waals surface area contributed by atoms with Gasteiger partial charge in [0, 0.05) is 5.69 Å². The summed E-state index contributed by atoms with van der Waals surface area (Å²) in [5.74, 6) is 1.72. The summed E-state index contributed by atoms with van der Waals surface area (Å²) in [5.41, 5.74) is 7.20. The van der Waals surface area contributed by atoms with Crippen molar-refractivity contribution in [2.24, 2.45) is 5.73 Å². The van der Waals surface area contributed by atoms with Gasteiger partial charge >= 0.3 is 0 Å². The number of para-hydroxylation sites is 1. The van der Waals surface area contributed by atoms with Gasteiger partial charge in [0.2, 0.25) is 0 Å². The average Bonchev–Trinajstić information content (AvgIpc) is 2.73. The van der Waals surface area contributed by atoms with E-state index in [4.69, 9.17) is 5.73 Å². The molecule has 0 fully saturated rings. The number of nitrogens with two attached hydrogens (primary N) is 1. The molecule has 1 aromatic heterocycles. The van der Waals surface area contributed by atoms with Gasteiger partial charge in [-0.3, -0.25) is 4.57 Å². The number of hydrogen-bond donors (Lipinski definition) is 1. The molecule has 1 heterocycles. The monoisotopic (exact) mass is 230 g/mol. The number of aryl methyl sites for hydroxylation is 1. The highest BCUT2D eigenvalue weighted by atomic mass is 15.3. The molecular formula is C13H18N4. The van der Waals surface area contributed by atoms with E-state index in [-0.39, 0.29) is 6.04 Å². The molecule has 0 radical (unpaired) electrons. The van der Waals surface area contributed by atoms with E-state index in [1.807, 2.05) is 41.8 Å². The molecule has 0 aliphatic heterocycles. The molecule has 90 valence electrons. The van der Waals surface area contributed by atoms with Crippen LogP contribution in [0, 0.1) is 6.92 Å². The quantitative estimate of drug-likeness (QED) is 0.877. The van der Waals surface area contributed by atoms with Gasteiger partial charge in [-0.15, -0.1) is 10.2 Å². The molecule has 17 heavy (non-hydrogen) atoms. The van der Waals surface area contributed by atoms with E-state index in [9.17, 15) is 0 Å². The van der Waals surface area contributed by atoms with Crippen molar-refractivity contribution in [3.8, 4) is 5.69 Å². The van der Waals surface area contributed by atoms with Crippen LogP contribution in [0.4, 0.5) is 0 Å². The molecule has 0 saturated carbocycles. The molecule has 2 rings (SSSR count). The van der Waals surface area contributed by atoms with E-state index in [2.05, 4.69) is 17.1 Å². The predicted molar refractivity (Wildman–Crippen MR) is 67.9 cm³/mol. The van der Waals surface area contributed by atoms with E-state index >= 15 is 0 Å². The Bertz CT molecular complexity index is 475. The van der Waals surface area contributed by atoms with Crippen LogP contribution in [-0.2, 0) is 0 Å². The number of aromatic nitrogens is 3. The van der Waals surface area contributed by atoms with E-state index in [0.29, 0.717) is 0 Å². The lowest BCUT2D eigenvalue weighted by molar-refractivity contribution is 0.589. The van der Waals surface area contributed by atoms with Gasteiger partial charge in [0.15, 0.2) is 5.82 Å². The Morgan fingerprint density at radius 2 is 1.94 bits per heavy atom. The number of benzene rings is 1. The third kappa shape index (κ3) is 2.36. The van der Waals surface area contributed by atoms with Gasteiger partial charge in [-0.2, -0.15) is 0 Å². The van der Waals surface area contributed by atoms with E-state index in [1.54, 1.807) is 0 Å². The Morgan fingerprint density at radius 1 is 1.24 bits per heavy atom. The molecule has 4 heteroatoms. The third-order valence-corrected chi connectivity index (χ3v) is 2.80. The first-order valence-electron chi connectivity index (χ1n) is 5.97. The largest absolute Gasteiger partial charge is 0.321 e. The second-order valence-electron chi connectivity index (χ2n) is 4.17. The van der Waals surface area contributed by atoms with Gasteiger partial charge in [0.05, 0.1) is 6.04 Å². The normalized spacial score (nSPS) is 12.6. The maximum absolute atomic E-state index is 6.13. The summed E-state index contributed by atoms with van der Waals surface area (Å²) in [6, 6.07) is 10.0. The smallest absolute Gasteiger partial charge is 0.154 e. The first kappa shape index (κ1) is 11.8. The van der Waals surface area contributed by atoms with Crippen LogP contribution in [0.1, 0.15) is 37.5 Å². The molecule has 0 saturated heterocycles. The van der Waals surface area contributed by atoms with Crippen molar-refractivity contribution in [1.82, 2.24) is 14.8 Å². The summed E-state index contributed by atoms with van der Waals surface area (Å²) >= 11 is 0. The zero-order chi connectivity index (χ0) is 12.3. The molecule has 1 aromatic carbocycles. The van der Waals surface area contributed by atoms with Crippen LogP contribution in [0.5, 0.6) is 0 Å². The molecule has 1 atom stereocenters. The fourth-order valence-corrected chi connectivity index (χ4v) is 1.96. The SMILES string of the molecule is CCC[C@@H](N)c1nnc(C)n1-c1ccccc1. The van der Waals surface area contributed by atoms with Crippen LogP contribution in [-0.4, -0.2) is 14.8 Å². The van der Waals surface area contributed by atoms with Crippen LogP contribution >= 0.6 is 0 Å². The van der Waals surface area contributed by atoms with Crippen LogP contribution < -0.4 is 5.73 Å². The Labute approximate surface area is 101 Å². The average molecular weight is 230 g/mol. The molecule has 0 amide bonds. The lowest BCUT2D eigenvalue weighted by atomic mass is 10.1. The summed E-state index contributed by atoms with van der Waals surface area (Å²) in [7, 11) is 0. The van der Waals surface area contributed by atoms with Gasteiger partial charge in [0.1, 0.15) is 5.82 Å². The Balaban J connectivity index is 2.43. The van der Waals surface area contributed by atoms with Gasteiger partial charge in [0.25, 0.3) is 0 Å². The van der Waals surface area contributed by atoms with Crippen molar-refractivity contribution in [1.29, 1.82) is 0 Å². The lowest BCUT2D eigenvalue weighted by Crippen LogP contribution is -2.16. The third-order valence-electron chi connectivity index (χ3n) is 2.80. The molecule has 0 unspecified atom stereocenters. The van der Waals surface area contributed by atoms with Crippen LogP contribution in [0.15, 0.2) is 30.3 Å². The highest BCUT2D eigenvalue weighted by Gasteiger charge is 2.16. The Morgan fingerprint density at radius 3 is 2.59 bits per heavy atom. The second kappa shape index (κ2) is 5.10. The maximum Gasteiger partial charge on any atom is 0.154 e. The van der Waals surface area contributed by atoms with Crippen LogP contribution in [0.3, 0.4) is 0 Å². The summed E-state index contributed by atoms with van der Waals surface area (Å²) in [5, 5.41) is 8.33. The summed E-state index contributed by atoms with van der Waals surface area (Å²) < 4.78 is 2.03. The van der Waals surface area contributed by atoms with E-state index < -0.39 is 0 Å². The maximum atomic E-state index is 6.13. The second-order valence-corrected chi connectivity index (χ2v) is 4.17. The molecule has 0 bridgehead atoms. The number of hydrogen-bond acceptors (Lipinski definition) is 3. The molecule has 0 aliphatic rings. The van der Waals surface area contributed by atoms with E-state index in [0.717, 1.165) is 30.2 Å². The predicted octanol–water partition coefficient (Wildman–Crippen LogP) is 2.38. The van der Waals surface area contributed by atoms with Gasteiger partial charge in [-0.25, -0.2) is 0 Å². The zero-order valence-corrected chi connectivity index (χ0v) is 10.3. The van der Waals surface area contributed by atoms with Crippen LogP contribution in [0.2, 0.25) is 0 Å². The Hall–Kier alpha value is -1.68. The van der Waals surface area contributed by atoms with Gasteiger partial charge < -0.3 is 5.73 Å². The summed E-state index contributed by atoms with van der Waals surface area (Å²) in [4.78, 5) is 0. The minimum atomic E-state index is -0.0543. The highest BCUT2D eigenvalue weighted by Crippen LogP contribution is 2.19. The van der Waals surface area contributed by atoms with Crippen molar-refractivity contribution in [3.05, 3.63) is 42.0 Å².